The summed E-state index contributed by atoms with van der Waals surface area (Å²) < 4.78 is 0. The predicted octanol–water partition coefficient (Wildman–Crippen LogP) is 2.98. The second-order valence-electron chi connectivity index (χ2n) is 5.48. The first-order valence-electron chi connectivity index (χ1n) is 6.83. The lowest BCUT2D eigenvalue weighted by molar-refractivity contribution is 0.0693. The molecule has 1 saturated carbocycles. The molecule has 0 spiro atoms. The van der Waals surface area contributed by atoms with Crippen LogP contribution in [0.5, 0.6) is 5.75 Å². The minimum atomic E-state index is -1.11. The summed E-state index contributed by atoms with van der Waals surface area (Å²) in [6, 6.07) is 3.01. The number of carboxylic acids is 1. The van der Waals surface area contributed by atoms with E-state index in [0.29, 0.717) is 11.5 Å². The number of aromatic carboxylic acids is 1. The Kier molecular flexibility index (Phi) is 4.10. The molecule has 104 valence electrons. The van der Waals surface area contributed by atoms with Crippen LogP contribution in [0.2, 0.25) is 0 Å². The number of hydrogen-bond donors (Lipinski definition) is 3. The summed E-state index contributed by atoms with van der Waals surface area (Å²) in [7, 11) is 0. The first kappa shape index (κ1) is 13.9. The van der Waals surface area contributed by atoms with E-state index in [0.717, 1.165) is 31.2 Å². The van der Waals surface area contributed by atoms with Crippen molar-refractivity contribution in [2.45, 2.75) is 45.1 Å². The number of aryl methyl sites for hydroxylation is 1. The molecular weight excluding hydrogens is 242 g/mol. The van der Waals surface area contributed by atoms with Gasteiger partial charge < -0.3 is 15.9 Å². The Morgan fingerprint density at radius 3 is 2.53 bits per heavy atom. The van der Waals surface area contributed by atoms with E-state index in [9.17, 15) is 9.90 Å². The molecule has 1 aliphatic rings. The number of carbonyl (C=O) groups is 1. The minimum Gasteiger partial charge on any atom is -0.507 e. The second kappa shape index (κ2) is 5.61. The number of nitrogens with two attached hydrogens (primary N) is 1. The molecule has 19 heavy (non-hydrogen) atoms. The van der Waals surface area contributed by atoms with E-state index < -0.39 is 5.97 Å². The highest BCUT2D eigenvalue weighted by atomic mass is 16.4. The van der Waals surface area contributed by atoms with Crippen LogP contribution < -0.4 is 5.73 Å². The van der Waals surface area contributed by atoms with Crippen LogP contribution in [0.25, 0.3) is 0 Å². The normalized spacial score (nSPS) is 18.2. The van der Waals surface area contributed by atoms with Crippen LogP contribution in [0.1, 0.15) is 59.6 Å². The Balaban J connectivity index is 2.35. The maximum atomic E-state index is 11.1. The predicted molar refractivity (Wildman–Crippen MR) is 73.3 cm³/mol. The fourth-order valence-electron chi connectivity index (χ4n) is 2.97. The lowest BCUT2D eigenvalue weighted by Crippen LogP contribution is -2.24. The summed E-state index contributed by atoms with van der Waals surface area (Å²) in [6.45, 7) is 1.82. The topological polar surface area (TPSA) is 83.5 Å². The van der Waals surface area contributed by atoms with Gasteiger partial charge in [0.2, 0.25) is 0 Å². The van der Waals surface area contributed by atoms with Gasteiger partial charge in [-0.3, -0.25) is 0 Å². The molecule has 1 atom stereocenters. The molecule has 0 heterocycles. The van der Waals surface area contributed by atoms with Crippen molar-refractivity contribution < 1.29 is 15.0 Å². The SMILES string of the molecule is Cc1cc(C(=O)O)c(O)c([C@H](N)C2CCCCC2)c1. The third kappa shape index (κ3) is 2.89. The van der Waals surface area contributed by atoms with Crippen LogP contribution in [-0.2, 0) is 0 Å². The Hall–Kier alpha value is -1.55. The molecule has 0 aliphatic heterocycles. The monoisotopic (exact) mass is 263 g/mol. The van der Waals surface area contributed by atoms with Crippen molar-refractivity contribution in [3.63, 3.8) is 0 Å². The molecule has 2 rings (SSSR count). The van der Waals surface area contributed by atoms with Crippen molar-refractivity contribution in [2.75, 3.05) is 0 Å². The van der Waals surface area contributed by atoms with E-state index in [1.807, 2.05) is 6.92 Å². The van der Waals surface area contributed by atoms with Gasteiger partial charge >= 0.3 is 5.97 Å². The molecule has 0 amide bonds. The standard InChI is InChI=1S/C15H21NO3/c1-9-7-11(14(17)12(8-9)15(18)19)13(16)10-5-3-2-4-6-10/h7-8,10,13,17H,2-6,16H2,1H3,(H,18,19)/t13-/m1/s1. The number of rotatable bonds is 3. The average Bonchev–Trinajstić information content (AvgIpc) is 2.41. The fraction of sp³-hybridized carbons (Fsp3) is 0.533. The Bertz CT molecular complexity index is 479. The summed E-state index contributed by atoms with van der Waals surface area (Å²) >= 11 is 0. The van der Waals surface area contributed by atoms with Crippen molar-refractivity contribution in [2.24, 2.45) is 11.7 Å². The molecule has 0 aromatic heterocycles. The third-order valence-corrected chi connectivity index (χ3v) is 4.03. The third-order valence-electron chi connectivity index (χ3n) is 4.03. The van der Waals surface area contributed by atoms with Gasteiger partial charge in [-0.1, -0.05) is 25.3 Å². The molecule has 1 aliphatic carbocycles. The van der Waals surface area contributed by atoms with E-state index >= 15 is 0 Å². The average molecular weight is 263 g/mol. The molecule has 1 aromatic carbocycles. The van der Waals surface area contributed by atoms with E-state index in [-0.39, 0.29) is 17.4 Å². The Morgan fingerprint density at radius 1 is 1.32 bits per heavy atom. The van der Waals surface area contributed by atoms with Gasteiger partial charge in [0.25, 0.3) is 0 Å². The van der Waals surface area contributed by atoms with Crippen LogP contribution in [0, 0.1) is 12.8 Å². The zero-order chi connectivity index (χ0) is 14.0. The van der Waals surface area contributed by atoms with Gasteiger partial charge in [-0.15, -0.1) is 0 Å². The van der Waals surface area contributed by atoms with Crippen molar-refractivity contribution >= 4 is 5.97 Å². The van der Waals surface area contributed by atoms with Crippen molar-refractivity contribution in [1.82, 2.24) is 0 Å². The van der Waals surface area contributed by atoms with Crippen LogP contribution in [0.15, 0.2) is 12.1 Å². The number of benzene rings is 1. The van der Waals surface area contributed by atoms with Crippen molar-refractivity contribution in [3.8, 4) is 5.75 Å². The summed E-state index contributed by atoms with van der Waals surface area (Å²) in [4.78, 5) is 11.1. The molecule has 0 saturated heterocycles. The van der Waals surface area contributed by atoms with Gasteiger partial charge in [0.1, 0.15) is 11.3 Å². The summed E-state index contributed by atoms with van der Waals surface area (Å²) in [6.07, 6.45) is 5.67. The van der Waals surface area contributed by atoms with E-state index in [2.05, 4.69) is 0 Å². The van der Waals surface area contributed by atoms with Gasteiger partial charge in [-0.2, -0.15) is 0 Å². The largest absolute Gasteiger partial charge is 0.507 e. The lowest BCUT2D eigenvalue weighted by atomic mass is 9.80. The molecule has 0 radical (unpaired) electrons. The van der Waals surface area contributed by atoms with Crippen LogP contribution >= 0.6 is 0 Å². The lowest BCUT2D eigenvalue weighted by Gasteiger charge is -2.28. The number of carboxylic acid groups (broad SMARTS) is 1. The summed E-state index contributed by atoms with van der Waals surface area (Å²) in [5.74, 6) is -0.947. The Labute approximate surface area is 113 Å². The second-order valence-corrected chi connectivity index (χ2v) is 5.48. The molecular formula is C15H21NO3. The number of hydrogen-bond acceptors (Lipinski definition) is 3. The summed E-state index contributed by atoms with van der Waals surface area (Å²) in [5.41, 5.74) is 7.59. The maximum Gasteiger partial charge on any atom is 0.339 e. The quantitative estimate of drug-likeness (QED) is 0.782. The zero-order valence-electron chi connectivity index (χ0n) is 11.2. The van der Waals surface area contributed by atoms with Gasteiger partial charge in [-0.05, 0) is 37.3 Å². The molecule has 0 unspecified atom stereocenters. The maximum absolute atomic E-state index is 11.1. The molecule has 1 aromatic rings. The smallest absolute Gasteiger partial charge is 0.339 e. The molecule has 4 N–H and O–H groups in total. The number of phenols is 1. The van der Waals surface area contributed by atoms with Crippen LogP contribution in [0.4, 0.5) is 0 Å². The molecule has 4 nitrogen and oxygen atoms in total. The van der Waals surface area contributed by atoms with E-state index in [4.69, 9.17) is 10.8 Å². The fourth-order valence-corrected chi connectivity index (χ4v) is 2.97. The Morgan fingerprint density at radius 2 is 1.95 bits per heavy atom. The van der Waals surface area contributed by atoms with E-state index in [1.165, 1.54) is 12.5 Å². The van der Waals surface area contributed by atoms with Crippen molar-refractivity contribution in [1.29, 1.82) is 0 Å². The highest BCUT2D eigenvalue weighted by Crippen LogP contribution is 2.37. The molecule has 1 fully saturated rings. The minimum absolute atomic E-state index is 0.0544. The van der Waals surface area contributed by atoms with E-state index in [1.54, 1.807) is 6.07 Å². The first-order valence-corrected chi connectivity index (χ1v) is 6.83. The van der Waals surface area contributed by atoms with Gasteiger partial charge in [0.15, 0.2) is 0 Å². The number of aromatic hydroxyl groups is 1. The van der Waals surface area contributed by atoms with Crippen molar-refractivity contribution in [3.05, 3.63) is 28.8 Å². The van der Waals surface area contributed by atoms with Crippen LogP contribution in [-0.4, -0.2) is 16.2 Å². The summed E-state index contributed by atoms with van der Waals surface area (Å²) in [5, 5.41) is 19.2. The molecule has 4 heteroatoms. The van der Waals surface area contributed by atoms with Crippen LogP contribution in [0.3, 0.4) is 0 Å². The first-order chi connectivity index (χ1) is 9.00. The molecule has 0 bridgehead atoms. The van der Waals surface area contributed by atoms with Gasteiger partial charge in [-0.25, -0.2) is 4.79 Å². The zero-order valence-corrected chi connectivity index (χ0v) is 11.2. The van der Waals surface area contributed by atoms with Gasteiger partial charge in [0.05, 0.1) is 0 Å². The highest BCUT2D eigenvalue weighted by Gasteiger charge is 2.26. The van der Waals surface area contributed by atoms with Gasteiger partial charge in [0, 0.05) is 11.6 Å². The highest BCUT2D eigenvalue weighted by molar-refractivity contribution is 5.91.